The van der Waals surface area contributed by atoms with Gasteiger partial charge in [0.1, 0.15) is 10.8 Å². The first-order valence-electron chi connectivity index (χ1n) is 6.00. The summed E-state index contributed by atoms with van der Waals surface area (Å²) < 4.78 is 5.60. The third kappa shape index (κ3) is 4.09. The third-order valence-corrected chi connectivity index (χ3v) is 3.03. The highest BCUT2D eigenvalue weighted by atomic mass is 32.1. The molecule has 1 N–H and O–H groups in total. The van der Waals surface area contributed by atoms with Crippen molar-refractivity contribution in [2.75, 3.05) is 6.54 Å². The molecular weight excluding hydrogens is 246 g/mol. The van der Waals surface area contributed by atoms with Gasteiger partial charge in [-0.2, -0.15) is 0 Å². The van der Waals surface area contributed by atoms with Crippen LogP contribution in [0, 0.1) is 5.92 Å². The van der Waals surface area contributed by atoms with Crippen LogP contribution in [0.15, 0.2) is 30.3 Å². The maximum atomic E-state index is 5.60. The van der Waals surface area contributed by atoms with E-state index in [1.807, 2.05) is 30.3 Å². The molecule has 0 saturated heterocycles. The molecule has 0 fully saturated rings. The Morgan fingerprint density at radius 2 is 2.00 bits per heavy atom. The summed E-state index contributed by atoms with van der Waals surface area (Å²) in [5, 5.41) is 13.0. The van der Waals surface area contributed by atoms with E-state index in [4.69, 9.17) is 4.74 Å². The standard InChI is InChI=1S/C13H17N3OS/c1-10(2)8-14-9-12-15-16-13(18-12)17-11-6-4-3-5-7-11/h3-7,10,14H,8-9H2,1-2H3. The summed E-state index contributed by atoms with van der Waals surface area (Å²) >= 11 is 1.47. The molecule has 1 heterocycles. The fourth-order valence-corrected chi connectivity index (χ4v) is 2.09. The first-order valence-corrected chi connectivity index (χ1v) is 6.81. The van der Waals surface area contributed by atoms with Gasteiger partial charge in [-0.15, -0.1) is 5.10 Å². The lowest BCUT2D eigenvalue weighted by Crippen LogP contribution is -2.18. The van der Waals surface area contributed by atoms with Crippen LogP contribution in [0.5, 0.6) is 10.9 Å². The second kappa shape index (κ2) is 6.47. The number of ether oxygens (including phenoxy) is 1. The third-order valence-electron chi connectivity index (χ3n) is 2.23. The minimum atomic E-state index is 0.586. The van der Waals surface area contributed by atoms with E-state index in [-0.39, 0.29) is 0 Å². The number of para-hydroxylation sites is 1. The Labute approximate surface area is 111 Å². The van der Waals surface area contributed by atoms with Gasteiger partial charge in [-0.05, 0) is 24.6 Å². The highest BCUT2D eigenvalue weighted by Crippen LogP contribution is 2.24. The normalized spacial score (nSPS) is 10.8. The fourth-order valence-electron chi connectivity index (χ4n) is 1.41. The predicted molar refractivity (Wildman–Crippen MR) is 73.0 cm³/mol. The van der Waals surface area contributed by atoms with Crippen LogP contribution in [0.1, 0.15) is 18.9 Å². The second-order valence-corrected chi connectivity index (χ2v) is 5.43. The molecule has 18 heavy (non-hydrogen) atoms. The van der Waals surface area contributed by atoms with E-state index >= 15 is 0 Å². The summed E-state index contributed by atoms with van der Waals surface area (Å²) in [5.74, 6) is 1.42. The van der Waals surface area contributed by atoms with Crippen molar-refractivity contribution in [3.8, 4) is 10.9 Å². The molecule has 0 unspecified atom stereocenters. The molecule has 0 spiro atoms. The zero-order valence-corrected chi connectivity index (χ0v) is 11.4. The Hall–Kier alpha value is -1.46. The van der Waals surface area contributed by atoms with Gasteiger partial charge in [-0.3, -0.25) is 0 Å². The zero-order valence-electron chi connectivity index (χ0n) is 10.6. The number of hydrogen-bond donors (Lipinski definition) is 1. The van der Waals surface area contributed by atoms with E-state index in [9.17, 15) is 0 Å². The topological polar surface area (TPSA) is 47.0 Å². The number of nitrogens with zero attached hydrogens (tertiary/aromatic N) is 2. The maximum Gasteiger partial charge on any atom is 0.299 e. The maximum absolute atomic E-state index is 5.60. The van der Waals surface area contributed by atoms with Gasteiger partial charge >= 0.3 is 0 Å². The van der Waals surface area contributed by atoms with E-state index in [2.05, 4.69) is 29.4 Å². The van der Waals surface area contributed by atoms with Crippen LogP contribution in [-0.4, -0.2) is 16.7 Å². The van der Waals surface area contributed by atoms with E-state index in [0.717, 1.165) is 23.8 Å². The van der Waals surface area contributed by atoms with Crippen molar-refractivity contribution < 1.29 is 4.74 Å². The van der Waals surface area contributed by atoms with Crippen LogP contribution in [-0.2, 0) is 6.54 Å². The number of hydrogen-bond acceptors (Lipinski definition) is 5. The highest BCUT2D eigenvalue weighted by molar-refractivity contribution is 7.13. The van der Waals surface area contributed by atoms with Crippen molar-refractivity contribution in [1.29, 1.82) is 0 Å². The number of nitrogens with one attached hydrogen (secondary N) is 1. The van der Waals surface area contributed by atoms with Gasteiger partial charge in [0.2, 0.25) is 0 Å². The summed E-state index contributed by atoms with van der Waals surface area (Å²) in [6.07, 6.45) is 0. The van der Waals surface area contributed by atoms with Crippen LogP contribution in [0.3, 0.4) is 0 Å². The molecule has 0 radical (unpaired) electrons. The van der Waals surface area contributed by atoms with Crippen LogP contribution in [0.4, 0.5) is 0 Å². The van der Waals surface area contributed by atoms with Gasteiger partial charge in [0.15, 0.2) is 0 Å². The van der Waals surface area contributed by atoms with Crippen LogP contribution in [0.2, 0.25) is 0 Å². The monoisotopic (exact) mass is 263 g/mol. The quantitative estimate of drug-likeness (QED) is 0.870. The molecule has 2 aromatic rings. The average Bonchev–Trinajstić information content (AvgIpc) is 2.78. The van der Waals surface area contributed by atoms with Crippen molar-refractivity contribution >= 4 is 11.3 Å². The van der Waals surface area contributed by atoms with Crippen molar-refractivity contribution in [2.45, 2.75) is 20.4 Å². The molecule has 2 rings (SSSR count). The lowest BCUT2D eigenvalue weighted by atomic mass is 10.2. The summed E-state index contributed by atoms with van der Waals surface area (Å²) in [5.41, 5.74) is 0. The Morgan fingerprint density at radius 3 is 2.72 bits per heavy atom. The van der Waals surface area contributed by atoms with Gasteiger partial charge in [-0.25, -0.2) is 0 Å². The van der Waals surface area contributed by atoms with Crippen molar-refractivity contribution in [2.24, 2.45) is 5.92 Å². The Morgan fingerprint density at radius 1 is 1.22 bits per heavy atom. The second-order valence-electron chi connectivity index (χ2n) is 4.40. The largest absolute Gasteiger partial charge is 0.430 e. The van der Waals surface area contributed by atoms with Crippen LogP contribution >= 0.6 is 11.3 Å². The van der Waals surface area contributed by atoms with E-state index in [1.54, 1.807) is 0 Å². The van der Waals surface area contributed by atoms with Gasteiger partial charge in [-0.1, -0.05) is 48.5 Å². The fraction of sp³-hybridized carbons (Fsp3) is 0.385. The minimum Gasteiger partial charge on any atom is -0.430 e. The average molecular weight is 263 g/mol. The molecule has 5 heteroatoms. The molecule has 0 aliphatic heterocycles. The van der Waals surface area contributed by atoms with Crippen LogP contribution in [0.25, 0.3) is 0 Å². The first-order chi connectivity index (χ1) is 8.74. The Kier molecular flexibility index (Phi) is 4.66. The lowest BCUT2D eigenvalue weighted by Gasteiger charge is -2.03. The summed E-state index contributed by atoms with van der Waals surface area (Å²) in [6.45, 7) is 6.08. The molecule has 1 aromatic carbocycles. The molecule has 0 bridgehead atoms. The minimum absolute atomic E-state index is 0.586. The molecule has 0 atom stereocenters. The van der Waals surface area contributed by atoms with Gasteiger partial charge in [0, 0.05) is 6.54 Å². The molecule has 4 nitrogen and oxygen atoms in total. The zero-order chi connectivity index (χ0) is 12.8. The van der Waals surface area contributed by atoms with Gasteiger partial charge in [0.25, 0.3) is 5.19 Å². The number of benzene rings is 1. The molecular formula is C13H17N3OS. The van der Waals surface area contributed by atoms with Gasteiger partial charge in [0.05, 0.1) is 0 Å². The Balaban J connectivity index is 1.86. The molecule has 1 aromatic heterocycles. The number of rotatable bonds is 6. The van der Waals surface area contributed by atoms with Crippen molar-refractivity contribution in [3.05, 3.63) is 35.3 Å². The Bertz CT molecular complexity index is 470. The molecule has 0 amide bonds. The molecule has 0 saturated carbocycles. The lowest BCUT2D eigenvalue weighted by molar-refractivity contribution is 0.473. The van der Waals surface area contributed by atoms with Crippen molar-refractivity contribution in [3.63, 3.8) is 0 Å². The summed E-state index contributed by atoms with van der Waals surface area (Å²) in [4.78, 5) is 0. The van der Waals surface area contributed by atoms with Gasteiger partial charge < -0.3 is 10.1 Å². The van der Waals surface area contributed by atoms with E-state index < -0.39 is 0 Å². The SMILES string of the molecule is CC(C)CNCc1nnc(Oc2ccccc2)s1. The molecule has 0 aliphatic carbocycles. The summed E-state index contributed by atoms with van der Waals surface area (Å²) in [7, 11) is 0. The summed E-state index contributed by atoms with van der Waals surface area (Å²) in [6, 6.07) is 9.62. The van der Waals surface area contributed by atoms with Crippen LogP contribution < -0.4 is 10.1 Å². The molecule has 96 valence electrons. The van der Waals surface area contributed by atoms with E-state index in [1.165, 1.54) is 11.3 Å². The first kappa shape index (κ1) is 13.0. The van der Waals surface area contributed by atoms with E-state index in [0.29, 0.717) is 11.1 Å². The highest BCUT2D eigenvalue weighted by Gasteiger charge is 2.06. The predicted octanol–water partition coefficient (Wildman–Crippen LogP) is 3.08. The van der Waals surface area contributed by atoms with Crippen molar-refractivity contribution in [1.82, 2.24) is 15.5 Å². The smallest absolute Gasteiger partial charge is 0.299 e. The molecule has 0 aliphatic rings. The number of aromatic nitrogens is 2.